The third kappa shape index (κ3) is 3.86. The molecule has 0 aliphatic carbocycles. The van der Waals surface area contributed by atoms with Crippen LogP contribution in [0.15, 0.2) is 59.6 Å². The largest absolute Gasteiger partial charge is 0.207 e. The fraction of sp³-hybridized carbons (Fsp3) is 0.0588. The molecule has 0 aliphatic heterocycles. The quantitative estimate of drug-likeness (QED) is 0.593. The van der Waals surface area contributed by atoms with Crippen molar-refractivity contribution in [3.63, 3.8) is 0 Å². The van der Waals surface area contributed by atoms with Crippen LogP contribution in [-0.4, -0.2) is 10.2 Å². The fourth-order valence-corrected chi connectivity index (χ4v) is 3.15. The molecule has 0 atom stereocenters. The highest BCUT2D eigenvalue weighted by Crippen LogP contribution is 2.28. The minimum absolute atomic E-state index is 0.296. The lowest BCUT2D eigenvalue weighted by molar-refractivity contribution is 0.617. The van der Waals surface area contributed by atoms with Crippen molar-refractivity contribution in [1.82, 2.24) is 10.2 Å². The van der Waals surface area contributed by atoms with Crippen molar-refractivity contribution < 1.29 is 8.78 Å². The molecule has 2 aromatic carbocycles. The topological polar surface area (TPSA) is 25.8 Å². The summed E-state index contributed by atoms with van der Waals surface area (Å²) in [4.78, 5) is 0. The summed E-state index contributed by atoms with van der Waals surface area (Å²) in [6, 6.07) is 14.2. The Hall–Kier alpha value is -1.98. The summed E-state index contributed by atoms with van der Waals surface area (Å²) < 4.78 is 26.6. The van der Waals surface area contributed by atoms with Gasteiger partial charge in [-0.05, 0) is 48.5 Å². The number of thioether (sulfide) groups is 1. The zero-order chi connectivity index (χ0) is 16.2. The van der Waals surface area contributed by atoms with E-state index in [1.807, 2.05) is 0 Å². The van der Waals surface area contributed by atoms with Crippen LogP contribution >= 0.6 is 23.4 Å². The first-order valence-electron chi connectivity index (χ1n) is 6.79. The minimum Gasteiger partial charge on any atom is -0.207 e. The molecule has 0 unspecified atom stereocenters. The molecule has 0 spiro atoms. The van der Waals surface area contributed by atoms with Gasteiger partial charge in [0.05, 0.1) is 5.69 Å². The van der Waals surface area contributed by atoms with Gasteiger partial charge in [0.15, 0.2) is 0 Å². The highest BCUT2D eigenvalue weighted by Gasteiger charge is 2.08. The van der Waals surface area contributed by atoms with E-state index in [2.05, 4.69) is 10.2 Å². The van der Waals surface area contributed by atoms with E-state index in [4.69, 9.17) is 11.6 Å². The van der Waals surface area contributed by atoms with Gasteiger partial charge in [0.1, 0.15) is 16.7 Å². The summed E-state index contributed by atoms with van der Waals surface area (Å²) in [7, 11) is 0. The minimum atomic E-state index is -0.333. The van der Waals surface area contributed by atoms with Crippen LogP contribution in [0.1, 0.15) is 5.56 Å². The van der Waals surface area contributed by atoms with Crippen molar-refractivity contribution in [3.8, 4) is 11.3 Å². The number of hydrogen-bond donors (Lipinski definition) is 0. The predicted molar refractivity (Wildman–Crippen MR) is 88.4 cm³/mol. The van der Waals surface area contributed by atoms with Crippen LogP contribution in [-0.2, 0) is 5.75 Å². The maximum absolute atomic E-state index is 13.7. The van der Waals surface area contributed by atoms with Gasteiger partial charge >= 0.3 is 0 Å². The SMILES string of the molecule is Fc1ccc(-c2ccc(SCc3c(F)cccc3Cl)nn2)cc1. The average Bonchev–Trinajstić information content (AvgIpc) is 2.56. The molecule has 0 fully saturated rings. The molecule has 3 aromatic rings. The monoisotopic (exact) mass is 348 g/mol. The van der Waals surface area contributed by atoms with Crippen LogP contribution in [0.5, 0.6) is 0 Å². The van der Waals surface area contributed by atoms with Gasteiger partial charge in [-0.25, -0.2) is 8.78 Å². The Morgan fingerprint density at radius 1 is 0.913 bits per heavy atom. The predicted octanol–water partition coefficient (Wildman–Crippen LogP) is 5.37. The van der Waals surface area contributed by atoms with E-state index >= 15 is 0 Å². The van der Waals surface area contributed by atoms with E-state index in [0.717, 1.165) is 5.56 Å². The average molecular weight is 349 g/mol. The molecule has 0 amide bonds. The van der Waals surface area contributed by atoms with Gasteiger partial charge in [0.25, 0.3) is 0 Å². The van der Waals surface area contributed by atoms with E-state index in [0.29, 0.717) is 27.1 Å². The Kier molecular flexibility index (Phi) is 4.88. The third-order valence-electron chi connectivity index (χ3n) is 3.21. The van der Waals surface area contributed by atoms with Crippen LogP contribution in [0, 0.1) is 11.6 Å². The van der Waals surface area contributed by atoms with Crippen molar-refractivity contribution >= 4 is 23.4 Å². The first-order chi connectivity index (χ1) is 11.1. The van der Waals surface area contributed by atoms with Crippen LogP contribution < -0.4 is 0 Å². The van der Waals surface area contributed by atoms with Gasteiger partial charge < -0.3 is 0 Å². The van der Waals surface area contributed by atoms with Crippen molar-refractivity contribution in [2.45, 2.75) is 10.8 Å². The molecule has 0 radical (unpaired) electrons. The maximum Gasteiger partial charge on any atom is 0.128 e. The molecule has 0 N–H and O–H groups in total. The standard InChI is InChI=1S/C17H11ClF2N2S/c18-14-2-1-3-15(20)13(14)10-23-17-9-8-16(21-22-17)11-4-6-12(19)7-5-11/h1-9H,10H2. The van der Waals surface area contributed by atoms with Crippen molar-refractivity contribution in [2.75, 3.05) is 0 Å². The number of nitrogens with zero attached hydrogens (tertiary/aromatic N) is 2. The molecule has 0 bridgehead atoms. The smallest absolute Gasteiger partial charge is 0.128 e. The molecule has 3 rings (SSSR count). The first-order valence-corrected chi connectivity index (χ1v) is 8.15. The van der Waals surface area contributed by atoms with Crippen molar-refractivity contribution in [3.05, 3.63) is 76.8 Å². The second kappa shape index (κ2) is 7.06. The fourth-order valence-electron chi connectivity index (χ4n) is 1.99. The number of benzene rings is 2. The zero-order valence-corrected chi connectivity index (χ0v) is 13.4. The van der Waals surface area contributed by atoms with Gasteiger partial charge in [-0.15, -0.1) is 10.2 Å². The molecule has 6 heteroatoms. The summed E-state index contributed by atoms with van der Waals surface area (Å²) in [5, 5.41) is 9.28. The van der Waals surface area contributed by atoms with Gasteiger partial charge in [-0.2, -0.15) is 0 Å². The van der Waals surface area contributed by atoms with E-state index in [1.165, 1.54) is 30.0 Å². The molecular weight excluding hydrogens is 338 g/mol. The van der Waals surface area contributed by atoms with E-state index in [9.17, 15) is 8.78 Å². The third-order valence-corrected chi connectivity index (χ3v) is 4.51. The highest BCUT2D eigenvalue weighted by atomic mass is 35.5. The summed E-state index contributed by atoms with van der Waals surface area (Å²) in [6.07, 6.45) is 0. The van der Waals surface area contributed by atoms with Gasteiger partial charge in [-0.3, -0.25) is 0 Å². The zero-order valence-electron chi connectivity index (χ0n) is 11.8. The van der Waals surface area contributed by atoms with Crippen molar-refractivity contribution in [2.24, 2.45) is 0 Å². The number of halogens is 3. The summed E-state index contributed by atoms with van der Waals surface area (Å²) in [5.74, 6) is -0.257. The molecule has 0 saturated heterocycles. The molecular formula is C17H11ClF2N2S. The Bertz CT molecular complexity index is 788. The van der Waals surface area contributed by atoms with E-state index < -0.39 is 0 Å². The van der Waals surface area contributed by atoms with Crippen LogP contribution in [0.2, 0.25) is 5.02 Å². The van der Waals surface area contributed by atoms with Crippen LogP contribution in [0.25, 0.3) is 11.3 Å². The number of rotatable bonds is 4. The molecule has 1 aromatic heterocycles. The molecule has 116 valence electrons. The van der Waals surface area contributed by atoms with Gasteiger partial charge in [0.2, 0.25) is 0 Å². The summed E-state index contributed by atoms with van der Waals surface area (Å²) >= 11 is 7.34. The maximum atomic E-state index is 13.7. The molecule has 2 nitrogen and oxygen atoms in total. The summed E-state index contributed by atoms with van der Waals surface area (Å²) in [5.41, 5.74) is 1.88. The second-order valence-electron chi connectivity index (χ2n) is 4.75. The molecule has 0 aliphatic rings. The van der Waals surface area contributed by atoms with Crippen molar-refractivity contribution in [1.29, 1.82) is 0 Å². The highest BCUT2D eigenvalue weighted by molar-refractivity contribution is 7.98. The first kappa shape index (κ1) is 15.9. The Balaban J connectivity index is 1.72. The van der Waals surface area contributed by atoms with Gasteiger partial charge in [-0.1, -0.05) is 29.4 Å². The second-order valence-corrected chi connectivity index (χ2v) is 6.16. The summed E-state index contributed by atoms with van der Waals surface area (Å²) in [6.45, 7) is 0. The van der Waals surface area contributed by atoms with E-state index in [-0.39, 0.29) is 11.6 Å². The lowest BCUT2D eigenvalue weighted by Gasteiger charge is -2.05. The molecule has 1 heterocycles. The lowest BCUT2D eigenvalue weighted by Crippen LogP contribution is -1.92. The Labute approximate surface area is 141 Å². The van der Waals surface area contributed by atoms with Gasteiger partial charge in [0, 0.05) is 21.9 Å². The molecule has 23 heavy (non-hydrogen) atoms. The van der Waals surface area contributed by atoms with Crippen LogP contribution in [0.4, 0.5) is 8.78 Å². The normalized spacial score (nSPS) is 10.7. The lowest BCUT2D eigenvalue weighted by atomic mass is 10.1. The Morgan fingerprint density at radius 3 is 2.35 bits per heavy atom. The van der Waals surface area contributed by atoms with Crippen LogP contribution in [0.3, 0.4) is 0 Å². The van der Waals surface area contributed by atoms with E-state index in [1.54, 1.807) is 36.4 Å². The number of hydrogen-bond acceptors (Lipinski definition) is 3. The number of aromatic nitrogens is 2. The Morgan fingerprint density at radius 2 is 1.70 bits per heavy atom. The molecule has 0 saturated carbocycles.